The minimum atomic E-state index is -4.44. The molecule has 0 saturated heterocycles. The van der Waals surface area contributed by atoms with Crippen molar-refractivity contribution >= 4 is 11.6 Å². The SMILES string of the molecule is CC(CO)N1CNC(=O)c2cc(-c3ccc(C(F)(F)F)cc3)nc(-c3cnn(C)c3)c21. The number of carbonyl (C=O) groups excluding carboxylic acids is 1. The first-order chi connectivity index (χ1) is 14.7. The number of anilines is 1. The van der Waals surface area contributed by atoms with Crippen LogP contribution < -0.4 is 10.2 Å². The van der Waals surface area contributed by atoms with Crippen LogP contribution in [0.15, 0.2) is 42.7 Å². The van der Waals surface area contributed by atoms with Crippen LogP contribution in [0, 0.1) is 0 Å². The fraction of sp³-hybridized carbons (Fsp3) is 0.286. The van der Waals surface area contributed by atoms with Gasteiger partial charge in [-0.1, -0.05) is 12.1 Å². The molecule has 1 unspecified atom stereocenters. The maximum absolute atomic E-state index is 12.9. The summed E-state index contributed by atoms with van der Waals surface area (Å²) in [6.07, 6.45) is -1.09. The topological polar surface area (TPSA) is 83.3 Å². The Kier molecular flexibility index (Phi) is 5.18. The number of carbonyl (C=O) groups is 1. The smallest absolute Gasteiger partial charge is 0.394 e. The molecule has 1 atom stereocenters. The molecule has 1 aliphatic heterocycles. The van der Waals surface area contributed by atoms with Gasteiger partial charge in [-0.05, 0) is 25.1 Å². The molecule has 1 amide bonds. The lowest BCUT2D eigenvalue weighted by atomic mass is 9.99. The number of aromatic nitrogens is 3. The maximum atomic E-state index is 12.9. The number of benzene rings is 1. The molecule has 2 N–H and O–H groups in total. The predicted molar refractivity (Wildman–Crippen MR) is 108 cm³/mol. The van der Waals surface area contributed by atoms with E-state index in [1.165, 1.54) is 12.1 Å². The van der Waals surface area contributed by atoms with Gasteiger partial charge in [-0.15, -0.1) is 0 Å². The van der Waals surface area contributed by atoms with Gasteiger partial charge >= 0.3 is 6.18 Å². The molecule has 3 aromatic rings. The van der Waals surface area contributed by atoms with E-state index in [2.05, 4.69) is 10.4 Å². The number of nitrogens with zero attached hydrogens (tertiary/aromatic N) is 4. The van der Waals surface area contributed by atoms with Crippen molar-refractivity contribution in [2.75, 3.05) is 18.2 Å². The third-order valence-corrected chi connectivity index (χ3v) is 5.22. The van der Waals surface area contributed by atoms with E-state index in [9.17, 15) is 23.1 Å². The minimum absolute atomic E-state index is 0.136. The van der Waals surface area contributed by atoms with Gasteiger partial charge in [0, 0.05) is 24.4 Å². The van der Waals surface area contributed by atoms with E-state index in [-0.39, 0.29) is 25.2 Å². The number of aryl methyl sites for hydroxylation is 1. The number of aliphatic hydroxyl groups is 1. The van der Waals surface area contributed by atoms with Crippen LogP contribution in [0.1, 0.15) is 22.8 Å². The van der Waals surface area contributed by atoms with Crippen molar-refractivity contribution in [1.29, 1.82) is 0 Å². The van der Waals surface area contributed by atoms with Gasteiger partial charge in [0.2, 0.25) is 0 Å². The van der Waals surface area contributed by atoms with E-state index in [0.29, 0.717) is 33.8 Å². The number of rotatable bonds is 4. The lowest BCUT2D eigenvalue weighted by Crippen LogP contribution is -2.49. The van der Waals surface area contributed by atoms with E-state index < -0.39 is 11.7 Å². The van der Waals surface area contributed by atoms with Gasteiger partial charge in [0.15, 0.2) is 0 Å². The molecule has 0 saturated carbocycles. The largest absolute Gasteiger partial charge is 0.416 e. The van der Waals surface area contributed by atoms with Crippen LogP contribution >= 0.6 is 0 Å². The summed E-state index contributed by atoms with van der Waals surface area (Å²) in [5.41, 5.74) is 2.04. The molecule has 0 spiro atoms. The molecular weight excluding hydrogens is 411 g/mol. The Morgan fingerprint density at radius 1 is 1.23 bits per heavy atom. The molecule has 0 bridgehead atoms. The number of alkyl halides is 3. The summed E-state index contributed by atoms with van der Waals surface area (Å²) < 4.78 is 40.4. The number of pyridine rings is 1. The molecule has 1 aromatic carbocycles. The number of aliphatic hydroxyl groups excluding tert-OH is 1. The zero-order valence-electron chi connectivity index (χ0n) is 16.8. The minimum Gasteiger partial charge on any atom is -0.394 e. The van der Waals surface area contributed by atoms with Crippen molar-refractivity contribution in [2.45, 2.75) is 19.1 Å². The van der Waals surface area contributed by atoms with Crippen LogP contribution in [-0.2, 0) is 13.2 Å². The Labute approximate surface area is 176 Å². The number of hydrogen-bond acceptors (Lipinski definition) is 5. The third-order valence-electron chi connectivity index (χ3n) is 5.22. The number of nitrogens with one attached hydrogen (secondary N) is 1. The van der Waals surface area contributed by atoms with Gasteiger partial charge in [-0.2, -0.15) is 18.3 Å². The maximum Gasteiger partial charge on any atom is 0.416 e. The first-order valence-corrected chi connectivity index (χ1v) is 9.56. The molecule has 7 nitrogen and oxygen atoms in total. The lowest BCUT2D eigenvalue weighted by Gasteiger charge is -2.36. The second-order valence-electron chi connectivity index (χ2n) is 7.40. The molecule has 2 aromatic heterocycles. The number of halogens is 3. The number of fused-ring (bicyclic) bond motifs is 1. The van der Waals surface area contributed by atoms with Gasteiger partial charge in [0.1, 0.15) is 0 Å². The van der Waals surface area contributed by atoms with Crippen molar-refractivity contribution in [1.82, 2.24) is 20.1 Å². The van der Waals surface area contributed by atoms with E-state index in [4.69, 9.17) is 4.98 Å². The van der Waals surface area contributed by atoms with Crippen LogP contribution in [0.2, 0.25) is 0 Å². The highest BCUT2D eigenvalue weighted by Gasteiger charge is 2.32. The predicted octanol–water partition coefficient (Wildman–Crippen LogP) is 3.06. The molecule has 1 aliphatic rings. The molecule has 31 heavy (non-hydrogen) atoms. The Morgan fingerprint density at radius 3 is 2.52 bits per heavy atom. The first kappa shape index (κ1) is 20.9. The van der Waals surface area contributed by atoms with Crippen LogP contribution in [0.25, 0.3) is 22.5 Å². The highest BCUT2D eigenvalue weighted by molar-refractivity contribution is 6.05. The van der Waals surface area contributed by atoms with Gasteiger partial charge < -0.3 is 15.3 Å². The molecule has 10 heteroatoms. The van der Waals surface area contributed by atoms with Crippen LogP contribution in [-0.4, -0.2) is 45.1 Å². The molecule has 0 aliphatic carbocycles. The summed E-state index contributed by atoms with van der Waals surface area (Å²) in [6.45, 7) is 1.88. The Bertz CT molecular complexity index is 1130. The second-order valence-corrected chi connectivity index (χ2v) is 7.40. The lowest BCUT2D eigenvalue weighted by molar-refractivity contribution is -0.137. The standard InChI is InChI=1S/C21H20F3N5O2/c1-12(10-30)29-11-25-20(31)16-7-17(13-3-5-15(6-4-13)21(22,23)24)27-18(19(16)29)14-8-26-28(2)9-14/h3-9,12,30H,10-11H2,1-2H3,(H,25,31). The Morgan fingerprint density at radius 2 is 1.94 bits per heavy atom. The molecule has 3 heterocycles. The average Bonchev–Trinajstić information content (AvgIpc) is 3.18. The molecule has 0 radical (unpaired) electrons. The van der Waals surface area contributed by atoms with Crippen molar-refractivity contribution in [3.63, 3.8) is 0 Å². The summed E-state index contributed by atoms with van der Waals surface area (Å²) in [7, 11) is 1.75. The third kappa shape index (κ3) is 3.86. The van der Waals surface area contributed by atoms with E-state index >= 15 is 0 Å². The highest BCUT2D eigenvalue weighted by Crippen LogP contribution is 2.38. The van der Waals surface area contributed by atoms with Crippen molar-refractivity contribution in [3.05, 3.63) is 53.9 Å². The van der Waals surface area contributed by atoms with E-state index in [1.54, 1.807) is 30.2 Å². The summed E-state index contributed by atoms with van der Waals surface area (Å²) in [5.74, 6) is -0.322. The second kappa shape index (κ2) is 7.69. The summed E-state index contributed by atoms with van der Waals surface area (Å²) in [4.78, 5) is 19.2. The normalized spacial score (nSPS) is 14.9. The molecule has 162 valence electrons. The first-order valence-electron chi connectivity index (χ1n) is 9.56. The monoisotopic (exact) mass is 431 g/mol. The quantitative estimate of drug-likeness (QED) is 0.664. The highest BCUT2D eigenvalue weighted by atomic mass is 19.4. The zero-order chi connectivity index (χ0) is 22.3. The van der Waals surface area contributed by atoms with Gasteiger partial charge in [0.05, 0.1) is 53.7 Å². The van der Waals surface area contributed by atoms with Gasteiger partial charge in [0.25, 0.3) is 5.91 Å². The fourth-order valence-corrected chi connectivity index (χ4v) is 3.53. The zero-order valence-corrected chi connectivity index (χ0v) is 16.8. The molecular formula is C21H20F3N5O2. The van der Waals surface area contributed by atoms with Crippen molar-refractivity contribution < 1.29 is 23.1 Å². The van der Waals surface area contributed by atoms with Gasteiger partial charge in [-0.25, -0.2) is 4.98 Å². The fourth-order valence-electron chi connectivity index (χ4n) is 3.53. The van der Waals surface area contributed by atoms with Crippen molar-refractivity contribution in [3.8, 4) is 22.5 Å². The van der Waals surface area contributed by atoms with E-state index in [0.717, 1.165) is 12.1 Å². The summed E-state index contributed by atoms with van der Waals surface area (Å²) in [6, 6.07) is 5.90. The van der Waals surface area contributed by atoms with Crippen LogP contribution in [0.5, 0.6) is 0 Å². The molecule has 0 fully saturated rings. The number of amides is 1. The van der Waals surface area contributed by atoms with Crippen molar-refractivity contribution in [2.24, 2.45) is 7.05 Å². The summed E-state index contributed by atoms with van der Waals surface area (Å²) >= 11 is 0. The van der Waals surface area contributed by atoms with Gasteiger partial charge in [-0.3, -0.25) is 9.48 Å². The Hall–Kier alpha value is -3.40. The Balaban J connectivity index is 1.91. The number of hydrogen-bond donors (Lipinski definition) is 2. The van der Waals surface area contributed by atoms with E-state index in [1.807, 2.05) is 11.8 Å². The average molecular weight is 431 g/mol. The van der Waals surface area contributed by atoms with Crippen LogP contribution in [0.4, 0.5) is 18.9 Å². The molecule has 4 rings (SSSR count). The summed E-state index contributed by atoms with van der Waals surface area (Å²) in [5, 5.41) is 16.6. The van der Waals surface area contributed by atoms with Crippen LogP contribution in [0.3, 0.4) is 0 Å².